The van der Waals surface area contributed by atoms with Crippen LogP contribution in [0.4, 0.5) is 0 Å². The summed E-state index contributed by atoms with van der Waals surface area (Å²) in [7, 11) is -3.56. The molecule has 1 heterocycles. The van der Waals surface area contributed by atoms with E-state index in [4.69, 9.17) is 5.11 Å². The van der Waals surface area contributed by atoms with E-state index in [1.807, 2.05) is 6.92 Å². The van der Waals surface area contributed by atoms with Gasteiger partial charge in [0, 0.05) is 18.7 Å². The Bertz CT molecular complexity index is 601. The molecule has 1 aliphatic rings. The molecule has 2 N–H and O–H groups in total. The first kappa shape index (κ1) is 16.5. The van der Waals surface area contributed by atoms with Gasteiger partial charge in [0.15, 0.2) is 0 Å². The molecule has 0 atom stereocenters. The quantitative estimate of drug-likeness (QED) is 0.833. The van der Waals surface area contributed by atoms with Crippen LogP contribution in [0.15, 0.2) is 4.90 Å². The highest BCUT2D eigenvalue weighted by atomic mass is 32.2. The van der Waals surface area contributed by atoms with Gasteiger partial charge in [0.25, 0.3) is 0 Å². The molecule has 21 heavy (non-hydrogen) atoms. The van der Waals surface area contributed by atoms with E-state index in [-0.39, 0.29) is 17.0 Å². The molecule has 0 aromatic carbocycles. The minimum Gasteiger partial charge on any atom is -0.396 e. The molecule has 0 aliphatic heterocycles. The fourth-order valence-corrected chi connectivity index (χ4v) is 5.02. The van der Waals surface area contributed by atoms with Gasteiger partial charge in [-0.15, -0.1) is 0 Å². The van der Waals surface area contributed by atoms with Gasteiger partial charge in [0.05, 0.1) is 11.4 Å². The maximum atomic E-state index is 12.7. The van der Waals surface area contributed by atoms with Crippen LogP contribution < -0.4 is 4.72 Å². The van der Waals surface area contributed by atoms with Crippen LogP contribution in [-0.4, -0.2) is 35.5 Å². The van der Waals surface area contributed by atoms with Gasteiger partial charge in [-0.1, -0.05) is 12.8 Å². The third kappa shape index (κ3) is 3.46. The molecule has 0 amide bonds. The van der Waals surface area contributed by atoms with E-state index in [0.717, 1.165) is 25.7 Å². The molecule has 6 nitrogen and oxygen atoms in total. The summed E-state index contributed by atoms with van der Waals surface area (Å²) in [4.78, 5) is 0.286. The number of aliphatic hydroxyl groups excluding tert-OH is 1. The second-order valence-electron chi connectivity index (χ2n) is 6.17. The van der Waals surface area contributed by atoms with Crippen LogP contribution in [0.1, 0.15) is 50.4 Å². The van der Waals surface area contributed by atoms with Crippen molar-refractivity contribution in [3.63, 3.8) is 0 Å². The number of sulfonamides is 1. The SMILES string of the molecule is Cc1nn(CCCO)c(C)c1S(=O)(=O)NC1(C)CCCC1. The van der Waals surface area contributed by atoms with Gasteiger partial charge in [0.2, 0.25) is 10.0 Å². The highest BCUT2D eigenvalue weighted by Crippen LogP contribution is 2.31. The fourth-order valence-electron chi connectivity index (χ4n) is 3.14. The fraction of sp³-hybridized carbons (Fsp3) is 0.786. The molecule has 0 spiro atoms. The molecule has 0 saturated heterocycles. The number of aromatic nitrogens is 2. The lowest BCUT2D eigenvalue weighted by Gasteiger charge is -2.25. The molecule has 0 unspecified atom stereocenters. The van der Waals surface area contributed by atoms with Gasteiger partial charge in [-0.05, 0) is 40.0 Å². The summed E-state index contributed by atoms with van der Waals surface area (Å²) in [5.74, 6) is 0. The van der Waals surface area contributed by atoms with E-state index in [9.17, 15) is 8.42 Å². The number of nitrogens with zero attached hydrogens (tertiary/aromatic N) is 2. The Balaban J connectivity index is 2.29. The molecule has 120 valence electrons. The Morgan fingerprint density at radius 3 is 2.52 bits per heavy atom. The molecule has 1 aromatic heterocycles. The number of rotatable bonds is 6. The number of aryl methyl sites for hydroxylation is 2. The maximum Gasteiger partial charge on any atom is 0.244 e. The van der Waals surface area contributed by atoms with E-state index in [1.54, 1.807) is 18.5 Å². The Morgan fingerprint density at radius 2 is 1.95 bits per heavy atom. The average molecular weight is 315 g/mol. The molecule has 7 heteroatoms. The van der Waals surface area contributed by atoms with Crippen LogP contribution >= 0.6 is 0 Å². The van der Waals surface area contributed by atoms with Crippen molar-refractivity contribution >= 4 is 10.0 Å². The summed E-state index contributed by atoms with van der Waals surface area (Å²) < 4.78 is 29.9. The Morgan fingerprint density at radius 1 is 1.33 bits per heavy atom. The third-order valence-electron chi connectivity index (χ3n) is 4.20. The Hall–Kier alpha value is -0.920. The van der Waals surface area contributed by atoms with Crippen molar-refractivity contribution in [3.05, 3.63) is 11.4 Å². The van der Waals surface area contributed by atoms with Crippen LogP contribution in [-0.2, 0) is 16.6 Å². The summed E-state index contributed by atoms with van der Waals surface area (Å²) >= 11 is 0. The average Bonchev–Trinajstić information content (AvgIpc) is 2.90. The first-order valence-electron chi connectivity index (χ1n) is 7.48. The van der Waals surface area contributed by atoms with Crippen LogP contribution in [0, 0.1) is 13.8 Å². The van der Waals surface area contributed by atoms with Crippen LogP contribution in [0.2, 0.25) is 0 Å². The smallest absolute Gasteiger partial charge is 0.244 e. The normalized spacial score (nSPS) is 18.3. The molecule has 0 radical (unpaired) electrons. The number of aliphatic hydroxyl groups is 1. The number of hydrogen-bond donors (Lipinski definition) is 2. The van der Waals surface area contributed by atoms with E-state index in [2.05, 4.69) is 9.82 Å². The van der Waals surface area contributed by atoms with Crippen LogP contribution in [0.3, 0.4) is 0 Å². The van der Waals surface area contributed by atoms with Gasteiger partial charge >= 0.3 is 0 Å². The zero-order valence-electron chi connectivity index (χ0n) is 13.0. The van der Waals surface area contributed by atoms with Crippen molar-refractivity contribution in [1.29, 1.82) is 0 Å². The second-order valence-corrected chi connectivity index (χ2v) is 7.79. The maximum absolute atomic E-state index is 12.7. The monoisotopic (exact) mass is 315 g/mol. The summed E-state index contributed by atoms with van der Waals surface area (Å²) in [6.45, 7) is 6.04. The van der Waals surface area contributed by atoms with Crippen molar-refractivity contribution in [3.8, 4) is 0 Å². The number of hydrogen-bond acceptors (Lipinski definition) is 4. The minimum absolute atomic E-state index is 0.0662. The summed E-state index contributed by atoms with van der Waals surface area (Å²) in [6, 6.07) is 0. The van der Waals surface area contributed by atoms with Crippen LogP contribution in [0.25, 0.3) is 0 Å². The van der Waals surface area contributed by atoms with Gasteiger partial charge in [-0.25, -0.2) is 13.1 Å². The predicted molar refractivity (Wildman–Crippen MR) is 80.6 cm³/mol. The molecule has 1 aromatic rings. The molecule has 1 fully saturated rings. The highest BCUT2D eigenvalue weighted by Gasteiger charge is 2.35. The van der Waals surface area contributed by atoms with Crippen molar-refractivity contribution in [2.24, 2.45) is 0 Å². The Labute approximate surface area is 126 Å². The second kappa shape index (κ2) is 6.06. The van der Waals surface area contributed by atoms with E-state index < -0.39 is 10.0 Å². The van der Waals surface area contributed by atoms with E-state index in [0.29, 0.717) is 24.4 Å². The molecule has 1 saturated carbocycles. The van der Waals surface area contributed by atoms with Crippen LogP contribution in [0.5, 0.6) is 0 Å². The minimum atomic E-state index is -3.56. The van der Waals surface area contributed by atoms with E-state index in [1.165, 1.54) is 0 Å². The first-order valence-corrected chi connectivity index (χ1v) is 8.96. The zero-order valence-corrected chi connectivity index (χ0v) is 13.8. The van der Waals surface area contributed by atoms with Gasteiger partial charge in [-0.3, -0.25) is 4.68 Å². The zero-order chi connectivity index (χ0) is 15.7. The summed E-state index contributed by atoms with van der Waals surface area (Å²) in [5.41, 5.74) is 0.805. The molecular weight excluding hydrogens is 290 g/mol. The Kier molecular flexibility index (Phi) is 4.75. The van der Waals surface area contributed by atoms with Gasteiger partial charge in [-0.2, -0.15) is 5.10 Å². The molecule has 2 rings (SSSR count). The van der Waals surface area contributed by atoms with Crippen molar-refractivity contribution in [1.82, 2.24) is 14.5 Å². The summed E-state index contributed by atoms with van der Waals surface area (Å²) in [6.07, 6.45) is 4.44. The standard InChI is InChI=1S/C14H25N3O3S/c1-11-13(12(2)17(15-11)9-6-10-18)21(19,20)16-14(3)7-4-5-8-14/h16,18H,4-10H2,1-3H3. The third-order valence-corrected chi connectivity index (χ3v) is 6.09. The number of nitrogens with one attached hydrogen (secondary N) is 1. The molecule has 1 aliphatic carbocycles. The van der Waals surface area contributed by atoms with Crippen molar-refractivity contribution in [2.75, 3.05) is 6.61 Å². The topological polar surface area (TPSA) is 84.2 Å². The first-order chi connectivity index (χ1) is 9.79. The lowest BCUT2D eigenvalue weighted by atomic mass is 10.0. The lowest BCUT2D eigenvalue weighted by Crippen LogP contribution is -2.43. The highest BCUT2D eigenvalue weighted by molar-refractivity contribution is 7.89. The van der Waals surface area contributed by atoms with Gasteiger partial charge < -0.3 is 5.11 Å². The van der Waals surface area contributed by atoms with E-state index >= 15 is 0 Å². The van der Waals surface area contributed by atoms with Crippen molar-refractivity contribution in [2.45, 2.75) is 69.9 Å². The van der Waals surface area contributed by atoms with Gasteiger partial charge in [0.1, 0.15) is 4.90 Å². The lowest BCUT2D eigenvalue weighted by molar-refractivity contribution is 0.276. The summed E-state index contributed by atoms with van der Waals surface area (Å²) in [5, 5.41) is 13.2. The predicted octanol–water partition coefficient (Wildman–Crippen LogP) is 1.49. The largest absolute Gasteiger partial charge is 0.396 e. The molecule has 0 bridgehead atoms. The molecular formula is C14H25N3O3S. The van der Waals surface area contributed by atoms with Crippen molar-refractivity contribution < 1.29 is 13.5 Å².